The Bertz CT molecular complexity index is 1360. The molecular formula is C25H28N6O5. The summed E-state index contributed by atoms with van der Waals surface area (Å²) in [6.45, 7) is 5.93. The van der Waals surface area contributed by atoms with E-state index in [1.54, 1.807) is 32.2 Å². The summed E-state index contributed by atoms with van der Waals surface area (Å²) in [5, 5.41) is 10.7. The molecule has 11 nitrogen and oxygen atoms in total. The Morgan fingerprint density at radius 3 is 2.50 bits per heavy atom. The molecule has 2 heterocycles. The maximum atomic E-state index is 12.8. The predicted molar refractivity (Wildman–Crippen MR) is 133 cm³/mol. The van der Waals surface area contributed by atoms with Crippen molar-refractivity contribution in [1.82, 2.24) is 20.0 Å². The zero-order valence-electron chi connectivity index (χ0n) is 20.7. The van der Waals surface area contributed by atoms with Crippen molar-refractivity contribution in [3.05, 3.63) is 59.6 Å². The van der Waals surface area contributed by atoms with Crippen LogP contribution in [0, 0.1) is 6.92 Å². The molecule has 0 spiro atoms. The van der Waals surface area contributed by atoms with Gasteiger partial charge in [0.1, 0.15) is 28.7 Å². The van der Waals surface area contributed by atoms with E-state index in [9.17, 15) is 4.79 Å². The van der Waals surface area contributed by atoms with Crippen molar-refractivity contribution < 1.29 is 23.4 Å². The highest BCUT2D eigenvalue weighted by Crippen LogP contribution is 2.30. The molecule has 36 heavy (non-hydrogen) atoms. The number of nitrogens with two attached hydrogens (primary N) is 1. The molecule has 4 rings (SSSR count). The Labute approximate surface area is 208 Å². The van der Waals surface area contributed by atoms with Gasteiger partial charge < -0.3 is 29.7 Å². The molecule has 2 aromatic carbocycles. The van der Waals surface area contributed by atoms with Gasteiger partial charge in [-0.1, -0.05) is 5.21 Å². The molecule has 0 unspecified atom stereocenters. The third kappa shape index (κ3) is 5.24. The SMILES string of the molecule is COc1ccc(NC(=O)c2nnn(Cc3nc(-c4ccc(OC(C)C)cc4)oc3C)c2N)c(OC)c1. The molecule has 0 bridgehead atoms. The van der Waals surface area contributed by atoms with Gasteiger partial charge in [0, 0.05) is 11.6 Å². The van der Waals surface area contributed by atoms with Gasteiger partial charge in [0.2, 0.25) is 5.89 Å². The number of ether oxygens (including phenoxy) is 3. The third-order valence-corrected chi connectivity index (χ3v) is 5.31. The summed E-state index contributed by atoms with van der Waals surface area (Å²) < 4.78 is 23.4. The number of oxazole rings is 1. The number of nitrogen functional groups attached to an aromatic ring is 1. The molecular weight excluding hydrogens is 464 g/mol. The Hall–Kier alpha value is -4.54. The first kappa shape index (κ1) is 24.6. The first-order chi connectivity index (χ1) is 17.3. The van der Waals surface area contributed by atoms with Gasteiger partial charge in [0.05, 0.1) is 32.6 Å². The Kier molecular flexibility index (Phi) is 7.09. The van der Waals surface area contributed by atoms with Gasteiger partial charge in [-0.2, -0.15) is 0 Å². The van der Waals surface area contributed by atoms with E-state index in [0.717, 1.165) is 11.3 Å². The minimum absolute atomic E-state index is 0.0185. The number of anilines is 2. The zero-order valence-corrected chi connectivity index (χ0v) is 20.7. The Balaban J connectivity index is 1.49. The monoisotopic (exact) mass is 492 g/mol. The highest BCUT2D eigenvalue weighted by Gasteiger charge is 2.21. The van der Waals surface area contributed by atoms with Crippen LogP contribution in [-0.4, -0.2) is 46.2 Å². The maximum Gasteiger partial charge on any atom is 0.280 e. The second-order valence-corrected chi connectivity index (χ2v) is 8.21. The van der Waals surface area contributed by atoms with Crippen LogP contribution in [0.4, 0.5) is 11.5 Å². The van der Waals surface area contributed by atoms with Crippen LogP contribution in [0.2, 0.25) is 0 Å². The summed E-state index contributed by atoms with van der Waals surface area (Å²) in [7, 11) is 3.04. The second kappa shape index (κ2) is 10.4. The Morgan fingerprint density at radius 2 is 1.83 bits per heavy atom. The van der Waals surface area contributed by atoms with Crippen LogP contribution in [0.3, 0.4) is 0 Å². The standard InChI is InChI=1S/C25H28N6O5/c1-14(2)35-17-8-6-16(7-9-17)25-28-20(15(3)36-25)13-31-23(26)22(29-30-31)24(32)27-19-11-10-18(33-4)12-21(19)34-5/h6-12,14H,13,26H2,1-5H3,(H,27,32). The van der Waals surface area contributed by atoms with Crippen molar-refractivity contribution in [1.29, 1.82) is 0 Å². The van der Waals surface area contributed by atoms with Crippen molar-refractivity contribution in [3.63, 3.8) is 0 Å². The van der Waals surface area contributed by atoms with E-state index >= 15 is 0 Å². The first-order valence-electron chi connectivity index (χ1n) is 11.2. The average molecular weight is 493 g/mol. The fourth-order valence-electron chi connectivity index (χ4n) is 3.47. The fraction of sp³-hybridized carbons (Fsp3) is 0.280. The summed E-state index contributed by atoms with van der Waals surface area (Å²) in [4.78, 5) is 17.4. The van der Waals surface area contributed by atoms with E-state index in [1.165, 1.54) is 11.8 Å². The van der Waals surface area contributed by atoms with Crippen molar-refractivity contribution in [2.45, 2.75) is 33.4 Å². The minimum atomic E-state index is -0.525. The quantitative estimate of drug-likeness (QED) is 0.356. The molecule has 0 radical (unpaired) electrons. The van der Waals surface area contributed by atoms with Crippen molar-refractivity contribution >= 4 is 17.4 Å². The highest BCUT2D eigenvalue weighted by molar-refractivity contribution is 6.06. The second-order valence-electron chi connectivity index (χ2n) is 8.21. The summed E-state index contributed by atoms with van der Waals surface area (Å²) in [5.74, 6) is 2.44. The number of carbonyl (C=O) groups is 1. The molecule has 0 aliphatic heterocycles. The zero-order chi connectivity index (χ0) is 25.8. The molecule has 11 heteroatoms. The lowest BCUT2D eigenvalue weighted by Crippen LogP contribution is -2.16. The summed E-state index contributed by atoms with van der Waals surface area (Å²) in [6.07, 6.45) is 0.0878. The van der Waals surface area contributed by atoms with Gasteiger partial charge in [0.25, 0.3) is 5.91 Å². The number of aromatic nitrogens is 4. The Morgan fingerprint density at radius 1 is 1.11 bits per heavy atom. The fourth-order valence-corrected chi connectivity index (χ4v) is 3.47. The molecule has 0 aliphatic rings. The molecule has 0 atom stereocenters. The summed E-state index contributed by atoms with van der Waals surface area (Å²) >= 11 is 0. The van der Waals surface area contributed by atoms with Crippen LogP contribution >= 0.6 is 0 Å². The molecule has 0 saturated heterocycles. The number of hydrogen-bond acceptors (Lipinski definition) is 9. The molecule has 1 amide bonds. The van der Waals surface area contributed by atoms with Gasteiger partial charge >= 0.3 is 0 Å². The smallest absolute Gasteiger partial charge is 0.280 e. The number of rotatable bonds is 9. The number of aryl methyl sites for hydroxylation is 1. The van der Waals surface area contributed by atoms with Gasteiger partial charge in [-0.3, -0.25) is 4.79 Å². The van der Waals surface area contributed by atoms with Gasteiger partial charge in [0.15, 0.2) is 11.5 Å². The molecule has 4 aromatic rings. The number of amides is 1. The van der Waals surface area contributed by atoms with Crippen molar-refractivity contribution in [3.8, 4) is 28.7 Å². The number of benzene rings is 2. The minimum Gasteiger partial charge on any atom is -0.497 e. The van der Waals surface area contributed by atoms with Crippen molar-refractivity contribution in [2.75, 3.05) is 25.3 Å². The highest BCUT2D eigenvalue weighted by atomic mass is 16.5. The van der Waals surface area contributed by atoms with Crippen LogP contribution in [0.15, 0.2) is 46.9 Å². The van der Waals surface area contributed by atoms with Gasteiger partial charge in [-0.25, -0.2) is 9.67 Å². The lowest BCUT2D eigenvalue weighted by Gasteiger charge is -2.11. The van der Waals surface area contributed by atoms with E-state index in [2.05, 4.69) is 20.6 Å². The maximum absolute atomic E-state index is 12.8. The third-order valence-electron chi connectivity index (χ3n) is 5.31. The largest absolute Gasteiger partial charge is 0.497 e. The van der Waals surface area contributed by atoms with E-state index in [4.69, 9.17) is 24.4 Å². The number of nitrogens with zero attached hydrogens (tertiary/aromatic N) is 4. The predicted octanol–water partition coefficient (Wildman–Crippen LogP) is 3.93. The molecule has 0 fully saturated rings. The van der Waals surface area contributed by atoms with E-state index in [0.29, 0.717) is 34.5 Å². The van der Waals surface area contributed by atoms with Gasteiger partial charge in [-0.15, -0.1) is 5.10 Å². The van der Waals surface area contributed by atoms with Crippen LogP contribution in [-0.2, 0) is 6.54 Å². The van der Waals surface area contributed by atoms with Crippen LogP contribution in [0.1, 0.15) is 35.8 Å². The number of hydrogen-bond donors (Lipinski definition) is 2. The summed E-state index contributed by atoms with van der Waals surface area (Å²) in [5.41, 5.74) is 8.05. The number of methoxy groups -OCH3 is 2. The molecule has 3 N–H and O–H groups in total. The molecule has 188 valence electrons. The van der Waals surface area contributed by atoms with E-state index in [-0.39, 0.29) is 24.2 Å². The van der Waals surface area contributed by atoms with E-state index in [1.807, 2.05) is 38.1 Å². The lowest BCUT2D eigenvalue weighted by atomic mass is 10.2. The van der Waals surface area contributed by atoms with Crippen LogP contribution in [0.5, 0.6) is 17.2 Å². The molecule has 2 aromatic heterocycles. The van der Waals surface area contributed by atoms with E-state index < -0.39 is 5.91 Å². The average Bonchev–Trinajstić information content (AvgIpc) is 3.41. The molecule has 0 aliphatic carbocycles. The number of carbonyl (C=O) groups excluding carboxylic acids is 1. The topological polar surface area (TPSA) is 140 Å². The summed E-state index contributed by atoms with van der Waals surface area (Å²) in [6, 6.07) is 12.5. The number of nitrogens with one attached hydrogen (secondary N) is 1. The van der Waals surface area contributed by atoms with Gasteiger partial charge in [-0.05, 0) is 57.2 Å². The van der Waals surface area contributed by atoms with Crippen LogP contribution in [0.25, 0.3) is 11.5 Å². The van der Waals surface area contributed by atoms with Crippen molar-refractivity contribution in [2.24, 2.45) is 0 Å². The molecule has 0 saturated carbocycles. The normalized spacial score (nSPS) is 10.9. The lowest BCUT2D eigenvalue weighted by molar-refractivity contribution is 0.102. The first-order valence-corrected chi connectivity index (χ1v) is 11.2. The van der Waals surface area contributed by atoms with Crippen LogP contribution < -0.4 is 25.3 Å².